The maximum atomic E-state index is 12.3. The molecule has 8 nitrogen and oxygen atoms in total. The van der Waals surface area contributed by atoms with Gasteiger partial charge in [-0.25, -0.2) is 4.79 Å². The number of rotatable bonds is 5. The van der Waals surface area contributed by atoms with Crippen molar-refractivity contribution < 1.29 is 15.0 Å². The van der Waals surface area contributed by atoms with Crippen LogP contribution in [0.1, 0.15) is 34.6 Å². The van der Waals surface area contributed by atoms with Gasteiger partial charge in [0.1, 0.15) is 5.75 Å². The van der Waals surface area contributed by atoms with Gasteiger partial charge in [0.25, 0.3) is 5.56 Å². The zero-order valence-corrected chi connectivity index (χ0v) is 16.3. The number of H-pyrrole nitrogens is 1. The van der Waals surface area contributed by atoms with Gasteiger partial charge in [-0.15, -0.1) is 0 Å². The van der Waals surface area contributed by atoms with Crippen LogP contribution in [0.3, 0.4) is 0 Å². The van der Waals surface area contributed by atoms with E-state index in [0.29, 0.717) is 30.1 Å². The van der Waals surface area contributed by atoms with E-state index in [1.807, 2.05) is 25.2 Å². The van der Waals surface area contributed by atoms with Gasteiger partial charge in [-0.1, -0.05) is 13.0 Å². The van der Waals surface area contributed by atoms with Gasteiger partial charge < -0.3 is 30.8 Å². The van der Waals surface area contributed by atoms with E-state index in [1.54, 1.807) is 6.92 Å². The maximum Gasteiger partial charge on any atom is 0.345 e. The zero-order valence-electron chi connectivity index (χ0n) is 16.3. The fraction of sp³-hybridized carbons (Fsp3) is 0.333. The molecule has 2 atom stereocenters. The average Bonchev–Trinajstić information content (AvgIpc) is 3.21. The van der Waals surface area contributed by atoms with Crippen molar-refractivity contribution in [2.45, 2.75) is 25.9 Å². The average molecular weight is 396 g/mol. The number of fused-ring (bicyclic) bond motifs is 3. The molecule has 4 rings (SSSR count). The molecule has 0 bridgehead atoms. The number of nitrogens with two attached hydrogens (primary N) is 1. The topological polar surface area (TPSA) is 133 Å². The normalized spacial score (nSPS) is 18.3. The summed E-state index contributed by atoms with van der Waals surface area (Å²) in [5.41, 5.74) is 8.30. The second kappa shape index (κ2) is 7.06. The molecule has 3 heterocycles. The molecule has 2 aromatic heterocycles. The number of nitrogens with one attached hydrogen (secondary N) is 2. The Balaban J connectivity index is 1.87. The Morgan fingerprint density at radius 1 is 1.38 bits per heavy atom. The van der Waals surface area contributed by atoms with Crippen LogP contribution < -0.4 is 16.6 Å². The van der Waals surface area contributed by atoms with E-state index in [4.69, 9.17) is 5.73 Å². The standard InChI is InChI=1S/C21H24N4O4/c1-3-13-17(24-20(27)16(19(13)26)21(28)29)10-4-5-14-11(6-10)7-15-18(23-2)12(8-22)9-25(14)15/h4-7,12,18,23H,3,8-9,22H2,1-2H3,(H,28,29)(H2,24,26,27)/t12-,18-/m0/s1. The molecule has 0 unspecified atom stereocenters. The highest BCUT2D eigenvalue weighted by atomic mass is 16.4. The third-order valence-electron chi connectivity index (χ3n) is 5.90. The number of benzene rings is 1. The largest absolute Gasteiger partial charge is 0.506 e. The van der Waals surface area contributed by atoms with Gasteiger partial charge in [-0.3, -0.25) is 4.79 Å². The Bertz CT molecular complexity index is 1180. The van der Waals surface area contributed by atoms with Crippen LogP contribution in [0.25, 0.3) is 22.2 Å². The summed E-state index contributed by atoms with van der Waals surface area (Å²) in [5, 5.41) is 24.0. The Morgan fingerprint density at radius 3 is 2.76 bits per heavy atom. The predicted octanol–water partition coefficient (Wildman–Crippen LogP) is 1.81. The first-order valence-corrected chi connectivity index (χ1v) is 9.63. The number of carboxylic acids is 1. The molecule has 6 N–H and O–H groups in total. The summed E-state index contributed by atoms with van der Waals surface area (Å²) < 4.78 is 2.26. The van der Waals surface area contributed by atoms with Crippen LogP contribution >= 0.6 is 0 Å². The van der Waals surface area contributed by atoms with Gasteiger partial charge in [0, 0.05) is 34.6 Å². The summed E-state index contributed by atoms with van der Waals surface area (Å²) in [6.45, 7) is 3.24. The van der Waals surface area contributed by atoms with Gasteiger partial charge >= 0.3 is 5.97 Å². The van der Waals surface area contributed by atoms with Crippen molar-refractivity contribution >= 4 is 16.9 Å². The van der Waals surface area contributed by atoms with Crippen LogP contribution in [-0.4, -0.2) is 39.3 Å². The predicted molar refractivity (Wildman–Crippen MR) is 110 cm³/mol. The molecule has 0 saturated carbocycles. The van der Waals surface area contributed by atoms with Crippen molar-refractivity contribution in [1.29, 1.82) is 0 Å². The van der Waals surface area contributed by atoms with Gasteiger partial charge in [0.2, 0.25) is 0 Å². The van der Waals surface area contributed by atoms with Gasteiger partial charge in [-0.2, -0.15) is 0 Å². The number of aromatic carboxylic acids is 1. The van der Waals surface area contributed by atoms with Crippen molar-refractivity contribution in [3.63, 3.8) is 0 Å². The first-order valence-electron chi connectivity index (χ1n) is 9.63. The fourth-order valence-corrected chi connectivity index (χ4v) is 4.50. The summed E-state index contributed by atoms with van der Waals surface area (Å²) in [6.07, 6.45) is 0.378. The molecule has 0 saturated heterocycles. The maximum absolute atomic E-state index is 12.3. The van der Waals surface area contributed by atoms with Crippen molar-refractivity contribution in [3.8, 4) is 17.0 Å². The molecule has 1 aliphatic rings. The minimum atomic E-state index is -1.45. The first-order chi connectivity index (χ1) is 13.9. The number of aromatic nitrogens is 2. The Hall–Kier alpha value is -3.10. The lowest BCUT2D eigenvalue weighted by atomic mass is 9.98. The van der Waals surface area contributed by atoms with Crippen molar-refractivity contribution in [2.75, 3.05) is 13.6 Å². The fourth-order valence-electron chi connectivity index (χ4n) is 4.50. The highest BCUT2D eigenvalue weighted by Gasteiger charge is 2.32. The third kappa shape index (κ3) is 2.83. The molecule has 1 aromatic carbocycles. The molecule has 8 heteroatoms. The lowest BCUT2D eigenvalue weighted by Gasteiger charge is -2.16. The summed E-state index contributed by atoms with van der Waals surface area (Å²) in [4.78, 5) is 26.2. The zero-order chi connectivity index (χ0) is 20.9. The molecule has 1 aliphatic heterocycles. The number of carbonyl (C=O) groups is 1. The molecular weight excluding hydrogens is 372 g/mol. The minimum Gasteiger partial charge on any atom is -0.506 e. The quantitative estimate of drug-likeness (QED) is 0.447. The van der Waals surface area contributed by atoms with E-state index in [1.165, 1.54) is 5.69 Å². The van der Waals surface area contributed by atoms with Crippen LogP contribution in [0.15, 0.2) is 29.1 Å². The van der Waals surface area contributed by atoms with Crippen LogP contribution in [0.2, 0.25) is 0 Å². The molecule has 0 radical (unpaired) electrons. The van der Waals surface area contributed by atoms with Crippen molar-refractivity contribution in [2.24, 2.45) is 11.7 Å². The molecule has 0 aliphatic carbocycles. The summed E-state index contributed by atoms with van der Waals surface area (Å²) in [5.74, 6) is -1.58. The van der Waals surface area contributed by atoms with E-state index in [2.05, 4.69) is 20.9 Å². The number of aromatic amines is 1. The van der Waals surface area contributed by atoms with E-state index in [9.17, 15) is 19.8 Å². The number of aromatic hydroxyl groups is 1. The van der Waals surface area contributed by atoms with Crippen LogP contribution in [0.5, 0.6) is 5.75 Å². The minimum absolute atomic E-state index is 0.181. The van der Waals surface area contributed by atoms with Crippen LogP contribution in [0.4, 0.5) is 0 Å². The second-order valence-corrected chi connectivity index (χ2v) is 7.41. The van der Waals surface area contributed by atoms with Crippen molar-refractivity contribution in [1.82, 2.24) is 14.9 Å². The number of nitrogens with zero attached hydrogens (tertiary/aromatic N) is 1. The molecule has 29 heavy (non-hydrogen) atoms. The third-order valence-corrected chi connectivity index (χ3v) is 5.90. The van der Waals surface area contributed by atoms with E-state index in [-0.39, 0.29) is 6.04 Å². The molecular formula is C21H24N4O4. The van der Waals surface area contributed by atoms with Gasteiger partial charge in [-0.05, 0) is 43.8 Å². The Morgan fingerprint density at radius 2 is 2.14 bits per heavy atom. The van der Waals surface area contributed by atoms with E-state index < -0.39 is 22.8 Å². The van der Waals surface area contributed by atoms with Crippen molar-refractivity contribution in [3.05, 3.63) is 51.4 Å². The molecule has 0 amide bonds. The Kier molecular flexibility index (Phi) is 4.68. The summed E-state index contributed by atoms with van der Waals surface area (Å²) in [6, 6.07) is 8.12. The van der Waals surface area contributed by atoms with Gasteiger partial charge in [0.15, 0.2) is 5.56 Å². The highest BCUT2D eigenvalue weighted by Crippen LogP contribution is 2.38. The Labute approximate surface area is 167 Å². The lowest BCUT2D eigenvalue weighted by molar-refractivity contribution is 0.0691. The summed E-state index contributed by atoms with van der Waals surface area (Å²) in [7, 11) is 1.93. The van der Waals surface area contributed by atoms with Crippen LogP contribution in [-0.2, 0) is 13.0 Å². The summed E-state index contributed by atoms with van der Waals surface area (Å²) >= 11 is 0. The number of carboxylic acid groups (broad SMARTS) is 1. The SMILES string of the molecule is CCc1c(-c2ccc3c(c2)cc2n3C[C@H](CN)[C@@H]2NC)[nH]c(=O)c(C(=O)O)c1O. The number of hydrogen-bond acceptors (Lipinski definition) is 5. The first kappa shape index (κ1) is 19.2. The van der Waals surface area contributed by atoms with Crippen LogP contribution in [0, 0.1) is 5.92 Å². The van der Waals surface area contributed by atoms with E-state index in [0.717, 1.165) is 23.0 Å². The molecule has 0 fully saturated rings. The number of pyridine rings is 1. The highest BCUT2D eigenvalue weighted by molar-refractivity contribution is 5.93. The van der Waals surface area contributed by atoms with E-state index >= 15 is 0 Å². The smallest absolute Gasteiger partial charge is 0.345 e. The monoisotopic (exact) mass is 396 g/mol. The molecule has 0 spiro atoms. The second-order valence-electron chi connectivity index (χ2n) is 7.41. The molecule has 152 valence electrons. The molecule has 3 aromatic rings. The van der Waals surface area contributed by atoms with Gasteiger partial charge in [0.05, 0.1) is 11.7 Å². The number of hydrogen-bond donors (Lipinski definition) is 5. The lowest BCUT2D eigenvalue weighted by Crippen LogP contribution is -2.27.